The summed E-state index contributed by atoms with van der Waals surface area (Å²) in [5.74, 6) is -0.426. The number of carbonyl (C=O) groups is 2. The molecule has 1 aromatic rings. The molecule has 1 fully saturated rings. The fraction of sp³-hybridized carbons (Fsp3) is 0.545. The Balaban J connectivity index is 1.93. The second-order valence-electron chi connectivity index (χ2n) is 4.08. The summed E-state index contributed by atoms with van der Waals surface area (Å²) in [4.78, 5) is 27.6. The molecular weight excluding hydrogens is 334 g/mol. The molecule has 0 saturated carbocycles. The highest BCUT2D eigenvalue weighted by Gasteiger charge is 2.29. The van der Waals surface area contributed by atoms with E-state index in [1.165, 1.54) is 16.3 Å². The zero-order chi connectivity index (χ0) is 13.8. The molecule has 1 unspecified atom stereocenters. The van der Waals surface area contributed by atoms with E-state index in [1.54, 1.807) is 12.3 Å². The summed E-state index contributed by atoms with van der Waals surface area (Å²) in [6.07, 6.45) is 1.84. The van der Waals surface area contributed by atoms with E-state index in [0.29, 0.717) is 29.2 Å². The molecular formula is C11H14BrN3O3S. The number of aromatic nitrogens is 1. The lowest BCUT2D eigenvalue weighted by Gasteiger charge is -2.32. The Morgan fingerprint density at radius 3 is 3.11 bits per heavy atom. The van der Waals surface area contributed by atoms with Gasteiger partial charge < -0.3 is 4.74 Å². The van der Waals surface area contributed by atoms with Crippen molar-refractivity contribution in [2.75, 3.05) is 6.54 Å². The Morgan fingerprint density at radius 1 is 1.68 bits per heavy atom. The average molecular weight is 348 g/mol. The van der Waals surface area contributed by atoms with Crippen LogP contribution >= 0.6 is 27.3 Å². The number of halogens is 1. The topological polar surface area (TPSA) is 71.5 Å². The van der Waals surface area contributed by atoms with Gasteiger partial charge in [0.1, 0.15) is 10.6 Å². The monoisotopic (exact) mass is 347 g/mol. The van der Waals surface area contributed by atoms with Gasteiger partial charge in [-0.25, -0.2) is 10.2 Å². The molecule has 1 saturated heterocycles. The highest BCUT2D eigenvalue weighted by atomic mass is 79.9. The maximum Gasteiger partial charge on any atom is 0.332 e. The quantitative estimate of drug-likeness (QED) is 0.843. The maximum atomic E-state index is 12.0. The van der Waals surface area contributed by atoms with Crippen LogP contribution in [0.3, 0.4) is 0 Å². The van der Waals surface area contributed by atoms with Crippen LogP contribution in [-0.4, -0.2) is 34.5 Å². The average Bonchev–Trinajstić information content (AvgIpc) is 2.83. The van der Waals surface area contributed by atoms with Crippen LogP contribution in [0.5, 0.6) is 5.19 Å². The first-order valence-corrected chi connectivity index (χ1v) is 7.66. The van der Waals surface area contributed by atoms with Crippen molar-refractivity contribution in [1.82, 2.24) is 15.4 Å². The lowest BCUT2D eigenvalue weighted by molar-refractivity contribution is -0.144. The number of amides is 1. The smallest absolute Gasteiger partial charge is 0.332 e. The molecule has 1 aliphatic rings. The standard InChI is InChI=1S/C11H14BrN3O3S/c1-2-9(16)15-5-3-4-7(14-15)10(17)18-11-13-8(12)6-19-11/h6-7,14H,2-5H2,1H3. The molecule has 1 atom stereocenters. The van der Waals surface area contributed by atoms with Crippen molar-refractivity contribution >= 4 is 39.1 Å². The summed E-state index contributed by atoms with van der Waals surface area (Å²) in [6.45, 7) is 2.41. The molecule has 8 heteroatoms. The molecule has 0 bridgehead atoms. The van der Waals surface area contributed by atoms with Crippen molar-refractivity contribution in [1.29, 1.82) is 0 Å². The van der Waals surface area contributed by atoms with Crippen molar-refractivity contribution in [2.24, 2.45) is 0 Å². The maximum absolute atomic E-state index is 12.0. The van der Waals surface area contributed by atoms with E-state index in [4.69, 9.17) is 4.74 Å². The van der Waals surface area contributed by atoms with Crippen LogP contribution in [0.4, 0.5) is 0 Å². The first kappa shape index (κ1) is 14.4. The van der Waals surface area contributed by atoms with Crippen LogP contribution in [0.15, 0.2) is 9.98 Å². The zero-order valence-electron chi connectivity index (χ0n) is 10.4. The summed E-state index contributed by atoms with van der Waals surface area (Å²) < 4.78 is 5.81. The molecule has 6 nitrogen and oxygen atoms in total. The van der Waals surface area contributed by atoms with E-state index in [9.17, 15) is 9.59 Å². The van der Waals surface area contributed by atoms with Crippen molar-refractivity contribution in [2.45, 2.75) is 32.2 Å². The van der Waals surface area contributed by atoms with Crippen LogP contribution in [0.2, 0.25) is 0 Å². The third-order valence-electron chi connectivity index (χ3n) is 2.72. The molecule has 104 valence electrons. The summed E-state index contributed by atoms with van der Waals surface area (Å²) >= 11 is 4.44. The van der Waals surface area contributed by atoms with Crippen LogP contribution in [0, 0.1) is 0 Å². The minimum absolute atomic E-state index is 0.0190. The van der Waals surface area contributed by atoms with Gasteiger partial charge in [-0.05, 0) is 28.8 Å². The number of nitrogens with one attached hydrogen (secondary N) is 1. The van der Waals surface area contributed by atoms with Crippen molar-refractivity contribution in [3.8, 4) is 5.19 Å². The van der Waals surface area contributed by atoms with Crippen LogP contribution in [0.1, 0.15) is 26.2 Å². The SMILES string of the molecule is CCC(=O)N1CCCC(C(=O)Oc2nc(Br)cs2)N1. The van der Waals surface area contributed by atoms with E-state index in [2.05, 4.69) is 26.3 Å². The highest BCUT2D eigenvalue weighted by molar-refractivity contribution is 9.10. The zero-order valence-corrected chi connectivity index (χ0v) is 12.8. The van der Waals surface area contributed by atoms with Gasteiger partial charge in [-0.1, -0.05) is 18.3 Å². The van der Waals surface area contributed by atoms with Gasteiger partial charge in [0, 0.05) is 18.3 Å². The second kappa shape index (κ2) is 6.44. The molecule has 0 spiro atoms. The number of nitrogens with zero attached hydrogens (tertiary/aromatic N) is 2. The predicted octanol–water partition coefficient (Wildman–Crippen LogP) is 1.72. The van der Waals surface area contributed by atoms with Gasteiger partial charge in [0.2, 0.25) is 5.91 Å². The van der Waals surface area contributed by atoms with E-state index < -0.39 is 12.0 Å². The lowest BCUT2D eigenvalue weighted by Crippen LogP contribution is -2.55. The second-order valence-corrected chi connectivity index (χ2v) is 5.71. The van der Waals surface area contributed by atoms with E-state index >= 15 is 0 Å². The van der Waals surface area contributed by atoms with Gasteiger partial charge in [0.15, 0.2) is 0 Å². The van der Waals surface area contributed by atoms with Gasteiger partial charge in [-0.3, -0.25) is 9.80 Å². The van der Waals surface area contributed by atoms with Crippen LogP contribution in [0.25, 0.3) is 0 Å². The summed E-state index contributed by atoms with van der Waals surface area (Å²) in [7, 11) is 0. The third kappa shape index (κ3) is 3.74. The van der Waals surface area contributed by atoms with Crippen LogP contribution in [-0.2, 0) is 9.59 Å². The van der Waals surface area contributed by atoms with Gasteiger partial charge in [0.05, 0.1) is 0 Å². The number of esters is 1. The number of hydrogen-bond acceptors (Lipinski definition) is 6. The first-order valence-electron chi connectivity index (χ1n) is 5.99. The number of rotatable bonds is 3. The Hall–Kier alpha value is -0.990. The summed E-state index contributed by atoms with van der Waals surface area (Å²) in [6, 6.07) is -0.494. The molecule has 1 aliphatic heterocycles. The van der Waals surface area contributed by atoms with Gasteiger partial charge >= 0.3 is 5.97 Å². The Morgan fingerprint density at radius 2 is 2.47 bits per heavy atom. The molecule has 0 aliphatic carbocycles. The van der Waals surface area contributed by atoms with Gasteiger partial charge in [0.25, 0.3) is 5.19 Å². The molecule has 1 aromatic heterocycles. The van der Waals surface area contributed by atoms with E-state index in [-0.39, 0.29) is 5.91 Å². The van der Waals surface area contributed by atoms with Gasteiger partial charge in [-0.15, -0.1) is 0 Å². The van der Waals surface area contributed by atoms with E-state index in [1.807, 2.05) is 0 Å². The molecule has 0 aromatic carbocycles. The Kier molecular flexibility index (Phi) is 4.89. The summed E-state index contributed by atoms with van der Waals surface area (Å²) in [5, 5.41) is 3.54. The number of hydrogen-bond donors (Lipinski definition) is 1. The number of thiazole rings is 1. The molecule has 19 heavy (non-hydrogen) atoms. The molecule has 1 N–H and O–H groups in total. The van der Waals surface area contributed by atoms with Gasteiger partial charge in [-0.2, -0.15) is 4.98 Å². The van der Waals surface area contributed by atoms with Crippen molar-refractivity contribution in [3.05, 3.63) is 9.98 Å². The normalized spacial score (nSPS) is 19.3. The molecule has 2 rings (SSSR count). The van der Waals surface area contributed by atoms with Crippen LogP contribution < -0.4 is 10.2 Å². The van der Waals surface area contributed by atoms with Crippen molar-refractivity contribution < 1.29 is 14.3 Å². The third-order valence-corrected chi connectivity index (χ3v) is 4.14. The molecule has 2 heterocycles. The summed E-state index contributed by atoms with van der Waals surface area (Å²) in [5.41, 5.74) is 2.91. The lowest BCUT2D eigenvalue weighted by atomic mass is 10.1. The molecule has 1 amide bonds. The fourth-order valence-electron chi connectivity index (χ4n) is 1.77. The largest absolute Gasteiger partial charge is 0.397 e. The minimum Gasteiger partial charge on any atom is -0.397 e. The minimum atomic E-state index is -0.494. The Bertz CT molecular complexity index is 480. The van der Waals surface area contributed by atoms with E-state index in [0.717, 1.165) is 6.42 Å². The number of ether oxygens (including phenoxy) is 1. The Labute approximate surface area is 123 Å². The number of carbonyl (C=O) groups excluding carboxylic acids is 2. The molecule has 0 radical (unpaired) electrons. The van der Waals surface area contributed by atoms with Crippen molar-refractivity contribution in [3.63, 3.8) is 0 Å². The first-order chi connectivity index (χ1) is 9.10. The number of hydrazine groups is 1. The fourth-order valence-corrected chi connectivity index (χ4v) is 2.86. The highest BCUT2D eigenvalue weighted by Crippen LogP contribution is 2.22. The predicted molar refractivity (Wildman–Crippen MR) is 73.6 cm³/mol.